The topological polar surface area (TPSA) is 24.5 Å². The van der Waals surface area contributed by atoms with Gasteiger partial charge >= 0.3 is 0 Å². The first-order chi connectivity index (χ1) is 4.36. The van der Waals surface area contributed by atoms with Crippen molar-refractivity contribution in [3.05, 3.63) is 12.0 Å². The lowest BCUT2D eigenvalue weighted by atomic mass is 10.3. The second kappa shape index (κ2) is 1.60. The van der Waals surface area contributed by atoms with Gasteiger partial charge in [0, 0.05) is 6.42 Å². The Bertz CT molecular complexity index is 159. The van der Waals surface area contributed by atoms with Crippen molar-refractivity contribution < 1.29 is 9.23 Å². The average Bonchev–Trinajstić information content (AvgIpc) is 2.22. The Balaban J connectivity index is 2.15. The largest absolute Gasteiger partial charge is 0.395 e. The summed E-state index contributed by atoms with van der Waals surface area (Å²) in [7, 11) is 0. The first kappa shape index (κ1) is 5.05. The standard InChI is InChI=1S/C5H7FN2O/c6-4-1-5-3-9-7-8(5)2-4/h3-4,7H,1-2H2/t4-/m1/s1. The molecular weight excluding hydrogens is 123 g/mol. The lowest BCUT2D eigenvalue weighted by Gasteiger charge is -2.09. The summed E-state index contributed by atoms with van der Waals surface area (Å²) < 4.78 is 12.5. The van der Waals surface area contributed by atoms with Gasteiger partial charge in [0.15, 0.2) is 0 Å². The van der Waals surface area contributed by atoms with E-state index in [4.69, 9.17) is 4.84 Å². The van der Waals surface area contributed by atoms with Gasteiger partial charge in [-0.3, -0.25) is 5.01 Å². The first-order valence-electron chi connectivity index (χ1n) is 2.88. The van der Waals surface area contributed by atoms with Crippen molar-refractivity contribution in [2.24, 2.45) is 0 Å². The molecular formula is C5H7FN2O. The fraction of sp³-hybridized carbons (Fsp3) is 0.600. The number of hydrazine groups is 1. The number of nitrogens with zero attached hydrogens (tertiary/aromatic N) is 1. The predicted octanol–water partition coefficient (Wildman–Crippen LogP) is 0.321. The van der Waals surface area contributed by atoms with Crippen molar-refractivity contribution in [3.63, 3.8) is 0 Å². The maximum atomic E-state index is 12.5. The second-order valence-corrected chi connectivity index (χ2v) is 2.23. The summed E-state index contributed by atoms with van der Waals surface area (Å²) >= 11 is 0. The van der Waals surface area contributed by atoms with E-state index < -0.39 is 6.17 Å². The molecule has 1 atom stereocenters. The summed E-state index contributed by atoms with van der Waals surface area (Å²) in [5.41, 5.74) is 3.45. The molecule has 0 saturated carbocycles. The van der Waals surface area contributed by atoms with Crippen LogP contribution in [-0.2, 0) is 4.84 Å². The third-order valence-corrected chi connectivity index (χ3v) is 1.52. The summed E-state index contributed by atoms with van der Waals surface area (Å²) in [4.78, 5) is 4.71. The zero-order valence-electron chi connectivity index (χ0n) is 4.80. The van der Waals surface area contributed by atoms with Gasteiger partial charge in [-0.15, -0.1) is 0 Å². The minimum Gasteiger partial charge on any atom is -0.395 e. The molecule has 0 radical (unpaired) electrons. The summed E-state index contributed by atoms with van der Waals surface area (Å²) in [6.07, 6.45) is 1.29. The second-order valence-electron chi connectivity index (χ2n) is 2.23. The quantitative estimate of drug-likeness (QED) is 0.511. The lowest BCUT2D eigenvalue weighted by Crippen LogP contribution is -2.29. The van der Waals surface area contributed by atoms with E-state index >= 15 is 0 Å². The summed E-state index contributed by atoms with van der Waals surface area (Å²) in [6, 6.07) is 0. The molecule has 9 heavy (non-hydrogen) atoms. The van der Waals surface area contributed by atoms with Crippen LogP contribution in [0.25, 0.3) is 0 Å². The zero-order valence-corrected chi connectivity index (χ0v) is 4.80. The number of hydrogen-bond acceptors (Lipinski definition) is 3. The van der Waals surface area contributed by atoms with E-state index in [1.54, 1.807) is 11.3 Å². The molecule has 0 aromatic carbocycles. The average molecular weight is 130 g/mol. The highest BCUT2D eigenvalue weighted by molar-refractivity contribution is 5.06. The van der Waals surface area contributed by atoms with Gasteiger partial charge in [-0.25, -0.2) is 4.39 Å². The van der Waals surface area contributed by atoms with Gasteiger partial charge in [-0.05, 0) is 0 Å². The molecule has 4 heteroatoms. The number of fused-ring (bicyclic) bond motifs is 1. The van der Waals surface area contributed by atoms with Crippen LogP contribution in [0.3, 0.4) is 0 Å². The van der Waals surface area contributed by atoms with Gasteiger partial charge < -0.3 is 4.84 Å². The van der Waals surface area contributed by atoms with Crippen LogP contribution in [0.2, 0.25) is 0 Å². The Hall–Kier alpha value is -0.770. The molecule has 1 N–H and O–H groups in total. The zero-order chi connectivity index (χ0) is 6.27. The van der Waals surface area contributed by atoms with Crippen molar-refractivity contribution >= 4 is 0 Å². The number of allylic oxidation sites excluding steroid dienone is 1. The molecule has 0 aromatic heterocycles. The van der Waals surface area contributed by atoms with Gasteiger partial charge in [0.2, 0.25) is 0 Å². The van der Waals surface area contributed by atoms with Gasteiger partial charge in [0.1, 0.15) is 12.4 Å². The highest BCUT2D eigenvalue weighted by Gasteiger charge is 2.29. The minimum atomic E-state index is -0.729. The predicted molar refractivity (Wildman–Crippen MR) is 28.5 cm³/mol. The van der Waals surface area contributed by atoms with Crippen molar-refractivity contribution in [2.45, 2.75) is 12.6 Å². The summed E-state index contributed by atoms with van der Waals surface area (Å²) in [6.45, 7) is 0.409. The van der Waals surface area contributed by atoms with Crippen LogP contribution in [0.1, 0.15) is 6.42 Å². The smallest absolute Gasteiger partial charge is 0.134 e. The van der Waals surface area contributed by atoms with Crippen LogP contribution in [0.15, 0.2) is 12.0 Å². The number of nitrogens with one attached hydrogen (secondary N) is 1. The van der Waals surface area contributed by atoms with Gasteiger partial charge in [0.25, 0.3) is 0 Å². The molecule has 2 aliphatic heterocycles. The van der Waals surface area contributed by atoms with Crippen molar-refractivity contribution in [2.75, 3.05) is 6.54 Å². The Morgan fingerprint density at radius 2 is 2.78 bits per heavy atom. The minimum absolute atomic E-state index is 0.409. The van der Waals surface area contributed by atoms with Crippen molar-refractivity contribution in [3.8, 4) is 0 Å². The molecule has 0 bridgehead atoms. The molecule has 0 unspecified atom stereocenters. The maximum absolute atomic E-state index is 12.5. The molecule has 0 aromatic rings. The maximum Gasteiger partial charge on any atom is 0.134 e. The lowest BCUT2D eigenvalue weighted by molar-refractivity contribution is 0.0324. The van der Waals surface area contributed by atoms with Crippen molar-refractivity contribution in [1.82, 2.24) is 10.6 Å². The van der Waals surface area contributed by atoms with E-state index in [1.165, 1.54) is 0 Å². The van der Waals surface area contributed by atoms with Crippen LogP contribution in [0.4, 0.5) is 4.39 Å². The van der Waals surface area contributed by atoms with E-state index in [2.05, 4.69) is 5.59 Å². The van der Waals surface area contributed by atoms with Crippen LogP contribution < -0.4 is 5.59 Å². The summed E-state index contributed by atoms with van der Waals surface area (Å²) in [5.74, 6) is 0. The van der Waals surface area contributed by atoms with E-state index in [0.29, 0.717) is 13.0 Å². The highest BCUT2D eigenvalue weighted by Crippen LogP contribution is 2.24. The number of hydrogen-bond donors (Lipinski definition) is 1. The monoisotopic (exact) mass is 130 g/mol. The number of halogens is 1. The van der Waals surface area contributed by atoms with Gasteiger partial charge in [-0.1, -0.05) is 5.59 Å². The molecule has 3 nitrogen and oxygen atoms in total. The fourth-order valence-corrected chi connectivity index (χ4v) is 1.08. The number of alkyl halides is 1. The third kappa shape index (κ3) is 0.666. The number of rotatable bonds is 0. The SMILES string of the molecule is F[C@@H]1CC2=CONN2C1. The van der Waals surface area contributed by atoms with Crippen LogP contribution in [0.5, 0.6) is 0 Å². The van der Waals surface area contributed by atoms with Crippen LogP contribution in [-0.4, -0.2) is 17.7 Å². The molecule has 0 spiro atoms. The van der Waals surface area contributed by atoms with Gasteiger partial charge in [-0.2, -0.15) is 0 Å². The Morgan fingerprint density at radius 3 is 3.56 bits per heavy atom. The Morgan fingerprint density at radius 1 is 1.89 bits per heavy atom. The molecule has 2 aliphatic rings. The van der Waals surface area contributed by atoms with E-state index in [9.17, 15) is 4.39 Å². The summed E-state index contributed by atoms with van der Waals surface area (Å²) in [5, 5.41) is 1.67. The first-order valence-corrected chi connectivity index (χ1v) is 2.88. The normalized spacial score (nSPS) is 31.9. The molecule has 2 heterocycles. The van der Waals surface area contributed by atoms with Crippen LogP contribution >= 0.6 is 0 Å². The fourth-order valence-electron chi connectivity index (χ4n) is 1.08. The van der Waals surface area contributed by atoms with Crippen molar-refractivity contribution in [1.29, 1.82) is 0 Å². The highest BCUT2D eigenvalue weighted by atomic mass is 19.1. The molecule has 0 amide bonds. The Labute approximate surface area is 52.0 Å². The molecule has 1 saturated heterocycles. The molecule has 1 fully saturated rings. The molecule has 50 valence electrons. The van der Waals surface area contributed by atoms with E-state index in [1.807, 2.05) is 0 Å². The molecule has 2 rings (SSSR count). The third-order valence-electron chi connectivity index (χ3n) is 1.52. The van der Waals surface area contributed by atoms with E-state index in [-0.39, 0.29) is 0 Å². The Kier molecular flexibility index (Phi) is 0.900. The van der Waals surface area contributed by atoms with E-state index in [0.717, 1.165) is 5.70 Å². The van der Waals surface area contributed by atoms with Gasteiger partial charge in [0.05, 0.1) is 12.2 Å². The van der Waals surface area contributed by atoms with Crippen LogP contribution in [0, 0.1) is 0 Å². The molecule has 0 aliphatic carbocycles.